The monoisotopic (exact) mass is 350 g/mol. The van der Waals surface area contributed by atoms with E-state index in [-0.39, 0.29) is 23.0 Å². The van der Waals surface area contributed by atoms with Crippen LogP contribution in [0.1, 0.15) is 56.5 Å². The number of carbonyl (C=O) groups excluding carboxylic acids is 1. The zero-order valence-electron chi connectivity index (χ0n) is 16.3. The lowest BCUT2D eigenvalue weighted by molar-refractivity contribution is -0.0462. The van der Waals surface area contributed by atoms with E-state index in [1.165, 1.54) is 5.56 Å². The largest absolute Gasteiger partial charge is 0.349 e. The first kappa shape index (κ1) is 18.7. The summed E-state index contributed by atoms with van der Waals surface area (Å²) < 4.78 is 0. The molecule has 0 radical (unpaired) electrons. The molecule has 1 N–H and O–H groups in total. The quantitative estimate of drug-likeness (QED) is 0.871. The molecule has 1 saturated heterocycles. The smallest absolute Gasteiger partial charge is 0.251 e. The molecule has 0 aromatic heterocycles. The topological polar surface area (TPSA) is 32.3 Å². The summed E-state index contributed by atoms with van der Waals surface area (Å²) in [5, 5.41) is 3.27. The third-order valence-corrected chi connectivity index (χ3v) is 5.51. The molecule has 1 aliphatic rings. The van der Waals surface area contributed by atoms with Gasteiger partial charge in [0.15, 0.2) is 0 Å². The minimum Gasteiger partial charge on any atom is -0.349 e. The highest BCUT2D eigenvalue weighted by Gasteiger charge is 2.45. The van der Waals surface area contributed by atoms with Gasteiger partial charge in [0.2, 0.25) is 0 Å². The number of rotatable bonds is 4. The maximum atomic E-state index is 12.6. The molecule has 0 saturated carbocycles. The Bertz CT molecular complexity index is 719. The molecule has 3 rings (SSSR count). The SMILES string of the molecule is CC1(C)CC(NC(=O)c2ccccc2)CC(C)(C)N1Cc1ccccc1. The highest BCUT2D eigenvalue weighted by atomic mass is 16.1. The number of nitrogens with one attached hydrogen (secondary N) is 1. The summed E-state index contributed by atoms with van der Waals surface area (Å²) in [6.07, 6.45) is 1.89. The summed E-state index contributed by atoms with van der Waals surface area (Å²) in [4.78, 5) is 15.2. The molecule has 0 atom stereocenters. The Morgan fingerprint density at radius 1 is 0.923 bits per heavy atom. The van der Waals surface area contributed by atoms with E-state index in [4.69, 9.17) is 0 Å². The lowest BCUT2D eigenvalue weighted by Crippen LogP contribution is -2.63. The number of nitrogens with zero attached hydrogens (tertiary/aromatic N) is 1. The molecular formula is C23H30N2O. The van der Waals surface area contributed by atoms with E-state index in [1.807, 2.05) is 30.3 Å². The minimum absolute atomic E-state index is 0.00618. The van der Waals surface area contributed by atoms with Crippen molar-refractivity contribution in [3.05, 3.63) is 71.8 Å². The van der Waals surface area contributed by atoms with Gasteiger partial charge in [-0.3, -0.25) is 9.69 Å². The van der Waals surface area contributed by atoms with Crippen LogP contribution < -0.4 is 5.32 Å². The van der Waals surface area contributed by atoms with E-state index in [9.17, 15) is 4.79 Å². The molecule has 0 spiro atoms. The Labute approximate surface area is 157 Å². The van der Waals surface area contributed by atoms with Gasteiger partial charge in [0.25, 0.3) is 5.91 Å². The van der Waals surface area contributed by atoms with Crippen molar-refractivity contribution in [2.75, 3.05) is 0 Å². The first-order chi connectivity index (χ1) is 12.3. The van der Waals surface area contributed by atoms with Gasteiger partial charge in [0.1, 0.15) is 0 Å². The minimum atomic E-state index is 0.00618. The molecule has 1 fully saturated rings. The van der Waals surface area contributed by atoms with E-state index in [1.54, 1.807) is 0 Å². The molecule has 2 aromatic rings. The van der Waals surface area contributed by atoms with Gasteiger partial charge in [-0.25, -0.2) is 0 Å². The Hall–Kier alpha value is -2.13. The fourth-order valence-electron chi connectivity index (χ4n) is 4.47. The molecule has 0 aliphatic carbocycles. The predicted molar refractivity (Wildman–Crippen MR) is 107 cm³/mol. The number of piperidine rings is 1. The van der Waals surface area contributed by atoms with Crippen LogP contribution in [0.15, 0.2) is 60.7 Å². The second-order valence-electron chi connectivity index (χ2n) is 8.64. The number of amides is 1. The molecule has 1 aliphatic heterocycles. The van der Waals surface area contributed by atoms with Crippen molar-refractivity contribution in [3.63, 3.8) is 0 Å². The van der Waals surface area contributed by atoms with Gasteiger partial charge in [0, 0.05) is 29.2 Å². The molecule has 1 amide bonds. The van der Waals surface area contributed by atoms with Crippen molar-refractivity contribution < 1.29 is 4.79 Å². The fourth-order valence-corrected chi connectivity index (χ4v) is 4.47. The van der Waals surface area contributed by atoms with Crippen molar-refractivity contribution in [1.29, 1.82) is 0 Å². The van der Waals surface area contributed by atoms with Crippen molar-refractivity contribution in [2.45, 2.75) is 64.2 Å². The van der Waals surface area contributed by atoms with E-state index in [2.05, 4.69) is 68.2 Å². The van der Waals surface area contributed by atoms with Crippen LogP contribution in [-0.2, 0) is 6.54 Å². The first-order valence-electron chi connectivity index (χ1n) is 9.45. The van der Waals surface area contributed by atoms with Gasteiger partial charge in [-0.05, 0) is 58.2 Å². The number of carbonyl (C=O) groups is 1. The van der Waals surface area contributed by atoms with Crippen molar-refractivity contribution in [3.8, 4) is 0 Å². The van der Waals surface area contributed by atoms with Gasteiger partial charge < -0.3 is 5.32 Å². The van der Waals surface area contributed by atoms with Crippen LogP contribution in [0, 0.1) is 0 Å². The summed E-state index contributed by atoms with van der Waals surface area (Å²) in [5.41, 5.74) is 2.08. The zero-order chi connectivity index (χ0) is 18.8. The third-order valence-electron chi connectivity index (χ3n) is 5.51. The molecule has 3 nitrogen and oxygen atoms in total. The maximum Gasteiger partial charge on any atom is 0.251 e. The average molecular weight is 351 g/mol. The van der Waals surface area contributed by atoms with Crippen LogP contribution in [0.2, 0.25) is 0 Å². The molecular weight excluding hydrogens is 320 g/mol. The van der Waals surface area contributed by atoms with E-state index < -0.39 is 0 Å². The lowest BCUT2D eigenvalue weighted by atomic mass is 9.76. The first-order valence-corrected chi connectivity index (χ1v) is 9.45. The summed E-state index contributed by atoms with van der Waals surface area (Å²) >= 11 is 0. The van der Waals surface area contributed by atoms with E-state index in [0.29, 0.717) is 0 Å². The number of hydrogen-bond donors (Lipinski definition) is 1. The van der Waals surface area contributed by atoms with Crippen LogP contribution in [0.4, 0.5) is 0 Å². The van der Waals surface area contributed by atoms with E-state index in [0.717, 1.165) is 24.9 Å². The standard InChI is InChI=1S/C23H30N2O/c1-22(2)15-20(24-21(26)19-13-9-6-10-14-19)16-23(3,4)25(22)17-18-11-7-5-8-12-18/h5-14,20H,15-17H2,1-4H3,(H,24,26). The number of likely N-dealkylation sites (tertiary alicyclic amines) is 1. The fraction of sp³-hybridized carbons (Fsp3) is 0.435. The highest BCUT2D eigenvalue weighted by molar-refractivity contribution is 5.94. The molecule has 138 valence electrons. The lowest BCUT2D eigenvalue weighted by Gasteiger charge is -2.55. The Balaban J connectivity index is 1.73. The second kappa shape index (κ2) is 7.24. The number of hydrogen-bond acceptors (Lipinski definition) is 2. The van der Waals surface area contributed by atoms with Gasteiger partial charge >= 0.3 is 0 Å². The van der Waals surface area contributed by atoms with Gasteiger partial charge in [-0.2, -0.15) is 0 Å². The summed E-state index contributed by atoms with van der Waals surface area (Å²) in [5.74, 6) is 0.0266. The van der Waals surface area contributed by atoms with Crippen LogP contribution in [-0.4, -0.2) is 27.9 Å². The molecule has 26 heavy (non-hydrogen) atoms. The van der Waals surface area contributed by atoms with Crippen molar-refractivity contribution in [1.82, 2.24) is 10.2 Å². The van der Waals surface area contributed by atoms with Crippen LogP contribution in [0.3, 0.4) is 0 Å². The van der Waals surface area contributed by atoms with Crippen LogP contribution in [0.25, 0.3) is 0 Å². The maximum absolute atomic E-state index is 12.6. The highest BCUT2D eigenvalue weighted by Crippen LogP contribution is 2.39. The summed E-state index contributed by atoms with van der Waals surface area (Å²) in [7, 11) is 0. The van der Waals surface area contributed by atoms with Crippen LogP contribution in [0.5, 0.6) is 0 Å². The molecule has 0 bridgehead atoms. The molecule has 2 aromatic carbocycles. The van der Waals surface area contributed by atoms with Crippen molar-refractivity contribution >= 4 is 5.91 Å². The summed E-state index contributed by atoms with van der Waals surface area (Å²) in [6, 6.07) is 20.3. The van der Waals surface area contributed by atoms with Gasteiger partial charge in [0.05, 0.1) is 0 Å². The zero-order valence-corrected chi connectivity index (χ0v) is 16.3. The Morgan fingerprint density at radius 2 is 1.42 bits per heavy atom. The van der Waals surface area contributed by atoms with Gasteiger partial charge in [-0.15, -0.1) is 0 Å². The second-order valence-corrected chi connectivity index (χ2v) is 8.64. The molecule has 0 unspecified atom stereocenters. The molecule has 3 heteroatoms. The van der Waals surface area contributed by atoms with Gasteiger partial charge in [-0.1, -0.05) is 48.5 Å². The van der Waals surface area contributed by atoms with Crippen molar-refractivity contribution in [2.24, 2.45) is 0 Å². The van der Waals surface area contributed by atoms with Crippen LogP contribution >= 0.6 is 0 Å². The summed E-state index contributed by atoms with van der Waals surface area (Å²) in [6.45, 7) is 10.1. The Morgan fingerprint density at radius 3 is 1.96 bits per heavy atom. The third kappa shape index (κ3) is 4.16. The normalized spacial score (nSPS) is 19.8. The average Bonchev–Trinajstić information content (AvgIpc) is 2.59. The number of benzene rings is 2. The van der Waals surface area contributed by atoms with E-state index >= 15 is 0 Å². The predicted octanol–water partition coefficient (Wildman–Crippen LogP) is 4.64. The Kier molecular flexibility index (Phi) is 5.19. The molecule has 1 heterocycles.